The molecule has 1 aliphatic rings. The van der Waals surface area contributed by atoms with Gasteiger partial charge < -0.3 is 10.1 Å². The maximum atomic E-state index is 5.45. The summed E-state index contributed by atoms with van der Waals surface area (Å²) in [6.07, 6.45) is 3.76. The van der Waals surface area contributed by atoms with Gasteiger partial charge in [0.1, 0.15) is 0 Å². The van der Waals surface area contributed by atoms with Crippen molar-refractivity contribution in [2.45, 2.75) is 32.1 Å². The summed E-state index contributed by atoms with van der Waals surface area (Å²) in [6.45, 7) is 6.23. The van der Waals surface area contributed by atoms with Gasteiger partial charge in [-0.25, -0.2) is 0 Å². The Morgan fingerprint density at radius 3 is 2.61 bits per heavy atom. The molecule has 0 radical (unpaired) electrons. The van der Waals surface area contributed by atoms with Crippen molar-refractivity contribution in [3.8, 4) is 0 Å². The van der Waals surface area contributed by atoms with Crippen molar-refractivity contribution in [2.75, 3.05) is 26.3 Å². The molecule has 0 amide bonds. The molecule has 1 unspecified atom stereocenters. The third kappa shape index (κ3) is 4.11. The van der Waals surface area contributed by atoms with Crippen molar-refractivity contribution < 1.29 is 4.74 Å². The van der Waals surface area contributed by atoms with Gasteiger partial charge in [0.05, 0.1) is 0 Å². The molecule has 2 heteroatoms. The Hall–Kier alpha value is -0.860. The van der Waals surface area contributed by atoms with E-state index in [9.17, 15) is 0 Å². The predicted molar refractivity (Wildman–Crippen MR) is 75.9 cm³/mol. The average Bonchev–Trinajstić information content (AvgIpc) is 2.45. The molecule has 0 saturated carbocycles. The second-order valence-corrected chi connectivity index (χ2v) is 5.21. The highest BCUT2D eigenvalue weighted by atomic mass is 16.5. The van der Waals surface area contributed by atoms with Gasteiger partial charge in [0.25, 0.3) is 0 Å². The first-order valence-electron chi connectivity index (χ1n) is 7.23. The highest BCUT2D eigenvalue weighted by Gasteiger charge is 2.20. The van der Waals surface area contributed by atoms with E-state index in [1.165, 1.54) is 24.8 Å². The molecule has 1 N–H and O–H groups in total. The van der Waals surface area contributed by atoms with Gasteiger partial charge in [-0.3, -0.25) is 0 Å². The Bertz CT molecular complexity index is 319. The number of hydrogen-bond acceptors (Lipinski definition) is 2. The van der Waals surface area contributed by atoms with Crippen molar-refractivity contribution in [3.05, 3.63) is 35.9 Å². The third-order valence-corrected chi connectivity index (χ3v) is 3.87. The van der Waals surface area contributed by atoms with Gasteiger partial charge in [0, 0.05) is 19.8 Å². The molecule has 0 aliphatic carbocycles. The van der Waals surface area contributed by atoms with Crippen LogP contribution in [0.1, 0.15) is 37.7 Å². The van der Waals surface area contributed by atoms with E-state index in [1.54, 1.807) is 0 Å². The van der Waals surface area contributed by atoms with Crippen LogP contribution in [0.25, 0.3) is 0 Å². The van der Waals surface area contributed by atoms with Crippen molar-refractivity contribution in [2.24, 2.45) is 5.92 Å². The second kappa shape index (κ2) is 7.55. The van der Waals surface area contributed by atoms with Crippen LogP contribution >= 0.6 is 0 Å². The summed E-state index contributed by atoms with van der Waals surface area (Å²) < 4.78 is 5.45. The zero-order chi connectivity index (χ0) is 12.6. The topological polar surface area (TPSA) is 21.3 Å². The highest BCUT2D eigenvalue weighted by Crippen LogP contribution is 2.28. The molecule has 1 atom stereocenters. The molecule has 1 fully saturated rings. The van der Waals surface area contributed by atoms with Crippen molar-refractivity contribution in [1.29, 1.82) is 0 Å². The minimum atomic E-state index is 0.647. The van der Waals surface area contributed by atoms with Gasteiger partial charge in [-0.1, -0.05) is 37.3 Å². The quantitative estimate of drug-likeness (QED) is 0.833. The zero-order valence-electron chi connectivity index (χ0n) is 11.4. The zero-order valence-corrected chi connectivity index (χ0v) is 11.4. The Balaban J connectivity index is 1.95. The highest BCUT2D eigenvalue weighted by molar-refractivity contribution is 5.20. The molecule has 18 heavy (non-hydrogen) atoms. The smallest absolute Gasteiger partial charge is 0.0468 e. The van der Waals surface area contributed by atoms with Crippen LogP contribution < -0.4 is 5.32 Å². The molecular formula is C16H25NO. The third-order valence-electron chi connectivity index (χ3n) is 3.87. The molecule has 2 nitrogen and oxygen atoms in total. The largest absolute Gasteiger partial charge is 0.381 e. The van der Waals surface area contributed by atoms with E-state index in [0.29, 0.717) is 5.92 Å². The molecule has 1 saturated heterocycles. The normalized spacial score (nSPS) is 18.7. The summed E-state index contributed by atoms with van der Waals surface area (Å²) in [6, 6.07) is 10.9. The molecular weight excluding hydrogens is 222 g/mol. The summed E-state index contributed by atoms with van der Waals surface area (Å²) in [5, 5.41) is 3.51. The van der Waals surface area contributed by atoms with Crippen LogP contribution in [0.2, 0.25) is 0 Å². The van der Waals surface area contributed by atoms with Crippen molar-refractivity contribution in [3.63, 3.8) is 0 Å². The van der Waals surface area contributed by atoms with Crippen LogP contribution in [0, 0.1) is 5.92 Å². The minimum absolute atomic E-state index is 0.647. The Kier molecular flexibility index (Phi) is 5.69. The van der Waals surface area contributed by atoms with Gasteiger partial charge in [-0.15, -0.1) is 0 Å². The fourth-order valence-electron chi connectivity index (χ4n) is 2.77. The number of likely N-dealkylation sites (N-methyl/N-ethyl adjacent to an activating group) is 1. The molecule has 0 aromatic heterocycles. The SMILES string of the molecule is CCNCC(CC1CCOCC1)c1ccccc1. The number of hydrogen-bond donors (Lipinski definition) is 1. The van der Waals surface area contributed by atoms with Gasteiger partial charge in [-0.2, -0.15) is 0 Å². The van der Waals surface area contributed by atoms with Crippen LogP contribution in [-0.4, -0.2) is 26.3 Å². The summed E-state index contributed by atoms with van der Waals surface area (Å²) >= 11 is 0. The van der Waals surface area contributed by atoms with Crippen molar-refractivity contribution in [1.82, 2.24) is 5.32 Å². The van der Waals surface area contributed by atoms with Gasteiger partial charge in [-0.05, 0) is 43.2 Å². The minimum Gasteiger partial charge on any atom is -0.381 e. The molecule has 100 valence electrons. The second-order valence-electron chi connectivity index (χ2n) is 5.21. The van der Waals surface area contributed by atoms with E-state index in [0.717, 1.165) is 32.2 Å². The number of nitrogens with one attached hydrogen (secondary N) is 1. The molecule has 1 aromatic rings. The average molecular weight is 247 g/mol. The molecule has 0 bridgehead atoms. The number of ether oxygens (including phenoxy) is 1. The van der Waals surface area contributed by atoms with Gasteiger partial charge in [0.15, 0.2) is 0 Å². The predicted octanol–water partition coefficient (Wildman–Crippen LogP) is 3.20. The fourth-order valence-corrected chi connectivity index (χ4v) is 2.77. The van der Waals surface area contributed by atoms with Gasteiger partial charge >= 0.3 is 0 Å². The first kappa shape index (κ1) is 13.6. The molecule has 1 aliphatic heterocycles. The summed E-state index contributed by atoms with van der Waals surface area (Å²) in [5.74, 6) is 1.48. The van der Waals surface area contributed by atoms with E-state index in [4.69, 9.17) is 4.74 Å². The summed E-state index contributed by atoms with van der Waals surface area (Å²) in [4.78, 5) is 0. The number of benzene rings is 1. The lowest BCUT2D eigenvalue weighted by molar-refractivity contribution is 0.0616. The van der Waals surface area contributed by atoms with E-state index < -0.39 is 0 Å². The van der Waals surface area contributed by atoms with E-state index in [-0.39, 0.29) is 0 Å². The first-order valence-corrected chi connectivity index (χ1v) is 7.23. The molecule has 1 aromatic carbocycles. The summed E-state index contributed by atoms with van der Waals surface area (Å²) in [7, 11) is 0. The first-order chi connectivity index (χ1) is 8.90. The monoisotopic (exact) mass is 247 g/mol. The van der Waals surface area contributed by atoms with E-state index >= 15 is 0 Å². The number of rotatable bonds is 6. The van der Waals surface area contributed by atoms with Crippen LogP contribution in [-0.2, 0) is 4.74 Å². The van der Waals surface area contributed by atoms with Crippen LogP contribution in [0.4, 0.5) is 0 Å². The summed E-state index contributed by atoms with van der Waals surface area (Å²) in [5.41, 5.74) is 1.48. The van der Waals surface area contributed by atoms with Crippen LogP contribution in [0.3, 0.4) is 0 Å². The lowest BCUT2D eigenvalue weighted by Crippen LogP contribution is -2.25. The lowest BCUT2D eigenvalue weighted by atomic mass is 9.85. The molecule has 1 heterocycles. The maximum Gasteiger partial charge on any atom is 0.0468 e. The Labute approximate surface area is 111 Å². The standard InChI is InChI=1S/C16H25NO/c1-2-17-13-16(15-6-4-3-5-7-15)12-14-8-10-18-11-9-14/h3-7,14,16-17H,2,8-13H2,1H3. The van der Waals surface area contributed by atoms with E-state index in [1.807, 2.05) is 0 Å². The van der Waals surface area contributed by atoms with Crippen LogP contribution in [0.15, 0.2) is 30.3 Å². The molecule has 0 spiro atoms. The molecule has 2 rings (SSSR count). The Morgan fingerprint density at radius 1 is 1.22 bits per heavy atom. The Morgan fingerprint density at radius 2 is 1.94 bits per heavy atom. The van der Waals surface area contributed by atoms with Gasteiger partial charge in [0.2, 0.25) is 0 Å². The van der Waals surface area contributed by atoms with Crippen molar-refractivity contribution >= 4 is 0 Å². The fraction of sp³-hybridized carbons (Fsp3) is 0.625. The maximum absolute atomic E-state index is 5.45. The lowest BCUT2D eigenvalue weighted by Gasteiger charge is -2.27. The van der Waals surface area contributed by atoms with E-state index in [2.05, 4.69) is 42.6 Å². The van der Waals surface area contributed by atoms with Crippen LogP contribution in [0.5, 0.6) is 0 Å².